The lowest BCUT2D eigenvalue weighted by molar-refractivity contribution is -0.121. The molecule has 32 heavy (non-hydrogen) atoms. The number of amides is 3. The lowest BCUT2D eigenvalue weighted by Crippen LogP contribution is -2.52. The number of benzene rings is 1. The fraction of sp³-hybridized carbons (Fsp3) is 0.455. The predicted octanol–water partition coefficient (Wildman–Crippen LogP) is 1.78. The summed E-state index contributed by atoms with van der Waals surface area (Å²) in [7, 11) is 0. The van der Waals surface area contributed by atoms with E-state index >= 15 is 0 Å². The van der Waals surface area contributed by atoms with Crippen molar-refractivity contribution >= 4 is 29.2 Å². The first kappa shape index (κ1) is 22.3. The van der Waals surface area contributed by atoms with E-state index in [1.54, 1.807) is 18.3 Å². The van der Waals surface area contributed by atoms with Gasteiger partial charge in [0, 0.05) is 32.2 Å². The summed E-state index contributed by atoms with van der Waals surface area (Å²) in [5, 5.41) is 9.67. The third-order valence-electron chi connectivity index (χ3n) is 5.92. The number of halogens is 1. The molecule has 9 nitrogen and oxygen atoms in total. The number of para-hydroxylation sites is 1. The van der Waals surface area contributed by atoms with E-state index in [2.05, 4.69) is 15.7 Å². The first-order valence-electron chi connectivity index (χ1n) is 10.9. The predicted molar refractivity (Wildman–Crippen MR) is 122 cm³/mol. The molecule has 0 radical (unpaired) electrons. The van der Waals surface area contributed by atoms with E-state index in [1.807, 2.05) is 28.0 Å². The van der Waals surface area contributed by atoms with Crippen LogP contribution in [0.5, 0.6) is 0 Å². The van der Waals surface area contributed by atoms with Gasteiger partial charge in [0.05, 0.1) is 24.1 Å². The van der Waals surface area contributed by atoms with Gasteiger partial charge in [0.2, 0.25) is 5.91 Å². The second kappa shape index (κ2) is 10.1. The zero-order chi connectivity index (χ0) is 22.5. The second-order valence-corrected chi connectivity index (χ2v) is 8.54. The molecule has 4 rings (SSSR count). The number of imide groups is 1. The van der Waals surface area contributed by atoms with E-state index in [-0.39, 0.29) is 29.1 Å². The third-order valence-corrected chi connectivity index (χ3v) is 6.28. The monoisotopic (exact) mass is 458 g/mol. The van der Waals surface area contributed by atoms with E-state index in [9.17, 15) is 14.4 Å². The normalized spacial score (nSPS) is 17.3. The first-order chi connectivity index (χ1) is 15.5. The average Bonchev–Trinajstić information content (AvgIpc) is 3.29. The molecule has 170 valence electrons. The van der Waals surface area contributed by atoms with Crippen LogP contribution in [0.4, 0.5) is 10.5 Å². The van der Waals surface area contributed by atoms with Gasteiger partial charge in [-0.2, -0.15) is 9.78 Å². The van der Waals surface area contributed by atoms with Crippen molar-refractivity contribution < 1.29 is 9.59 Å². The minimum absolute atomic E-state index is 0.124. The number of anilines is 1. The topological polar surface area (TPSA) is 99.6 Å². The molecule has 10 heteroatoms. The quantitative estimate of drug-likeness (QED) is 0.708. The Morgan fingerprint density at radius 2 is 1.75 bits per heavy atom. The van der Waals surface area contributed by atoms with Gasteiger partial charge in [0.25, 0.3) is 5.56 Å². The number of piperazine rings is 1. The van der Waals surface area contributed by atoms with Crippen molar-refractivity contribution in [1.82, 2.24) is 25.3 Å². The van der Waals surface area contributed by atoms with Crippen LogP contribution in [0.25, 0.3) is 5.69 Å². The van der Waals surface area contributed by atoms with Crippen molar-refractivity contribution in [3.8, 4) is 5.69 Å². The van der Waals surface area contributed by atoms with E-state index in [1.165, 1.54) is 4.68 Å². The number of carbonyl (C=O) groups is 2. The lowest BCUT2D eigenvalue weighted by atomic mass is 10.2. The molecule has 0 unspecified atom stereocenters. The maximum atomic E-state index is 12.7. The molecule has 3 amide bonds. The van der Waals surface area contributed by atoms with Crippen molar-refractivity contribution in [2.24, 2.45) is 0 Å². The van der Waals surface area contributed by atoms with Crippen molar-refractivity contribution in [2.45, 2.75) is 31.7 Å². The highest BCUT2D eigenvalue weighted by atomic mass is 35.5. The van der Waals surface area contributed by atoms with Gasteiger partial charge in [-0.25, -0.2) is 4.79 Å². The van der Waals surface area contributed by atoms with E-state index < -0.39 is 6.03 Å². The molecular weight excluding hydrogens is 432 g/mol. The number of urea groups is 1. The van der Waals surface area contributed by atoms with E-state index in [4.69, 9.17) is 11.6 Å². The molecule has 0 spiro atoms. The van der Waals surface area contributed by atoms with Crippen molar-refractivity contribution in [3.05, 3.63) is 51.9 Å². The zero-order valence-electron chi connectivity index (χ0n) is 17.8. The van der Waals surface area contributed by atoms with Crippen LogP contribution in [0.15, 0.2) is 41.3 Å². The van der Waals surface area contributed by atoms with Crippen LogP contribution in [0, 0.1) is 0 Å². The molecule has 2 heterocycles. The molecule has 0 bridgehead atoms. The summed E-state index contributed by atoms with van der Waals surface area (Å²) in [6.07, 6.45) is 5.77. The maximum absolute atomic E-state index is 12.7. The number of aromatic nitrogens is 2. The second-order valence-electron chi connectivity index (χ2n) is 8.16. The number of hydrogen-bond acceptors (Lipinski definition) is 6. The molecule has 1 saturated heterocycles. The summed E-state index contributed by atoms with van der Waals surface area (Å²) in [6, 6.07) is 8.87. The first-order valence-corrected chi connectivity index (χ1v) is 11.3. The van der Waals surface area contributed by atoms with Crippen molar-refractivity contribution in [2.75, 3.05) is 37.6 Å². The van der Waals surface area contributed by atoms with Crippen molar-refractivity contribution in [3.63, 3.8) is 0 Å². The van der Waals surface area contributed by atoms with Crippen LogP contribution in [0.1, 0.15) is 25.7 Å². The standard InChI is InChI=1S/C22H27ClN6O3/c23-20-18(14-24-29(21(20)31)17-8-2-1-3-9-17)28-12-10-27(11-13-28)15-19(30)26-22(32)25-16-6-4-5-7-16/h1-3,8-9,14,16H,4-7,10-13,15H2,(H2,25,26,30,32). The summed E-state index contributed by atoms with van der Waals surface area (Å²) in [4.78, 5) is 40.9. The fourth-order valence-electron chi connectivity index (χ4n) is 4.21. The highest BCUT2D eigenvalue weighted by Crippen LogP contribution is 2.23. The van der Waals surface area contributed by atoms with Gasteiger partial charge in [-0.3, -0.25) is 19.8 Å². The number of nitrogens with one attached hydrogen (secondary N) is 2. The summed E-state index contributed by atoms with van der Waals surface area (Å²) < 4.78 is 1.28. The van der Waals surface area contributed by atoms with Crippen LogP contribution in [-0.4, -0.2) is 65.4 Å². The minimum atomic E-state index is -0.419. The molecule has 1 aliphatic heterocycles. The Morgan fingerprint density at radius 1 is 1.06 bits per heavy atom. The zero-order valence-corrected chi connectivity index (χ0v) is 18.6. The molecular formula is C22H27ClN6O3. The van der Waals surface area contributed by atoms with Crippen LogP contribution >= 0.6 is 11.6 Å². The number of hydrogen-bond donors (Lipinski definition) is 2. The molecule has 1 saturated carbocycles. The van der Waals surface area contributed by atoms with Crippen LogP contribution in [0.2, 0.25) is 5.02 Å². The molecule has 1 aliphatic carbocycles. The Morgan fingerprint density at radius 3 is 2.44 bits per heavy atom. The van der Waals surface area contributed by atoms with Crippen molar-refractivity contribution in [1.29, 1.82) is 0 Å². The lowest BCUT2D eigenvalue weighted by Gasteiger charge is -2.35. The smallest absolute Gasteiger partial charge is 0.321 e. The molecule has 2 aliphatic rings. The number of rotatable bonds is 5. The molecule has 2 N–H and O–H groups in total. The SMILES string of the molecule is O=C(CN1CCN(c2cnn(-c3ccccc3)c(=O)c2Cl)CC1)NC(=O)NC1CCCC1. The summed E-state index contributed by atoms with van der Waals surface area (Å²) in [6.45, 7) is 2.55. The van der Waals surface area contributed by atoms with Gasteiger partial charge >= 0.3 is 6.03 Å². The highest BCUT2D eigenvalue weighted by molar-refractivity contribution is 6.33. The van der Waals surface area contributed by atoms with Gasteiger partial charge < -0.3 is 10.2 Å². The molecule has 2 fully saturated rings. The van der Waals surface area contributed by atoms with Gasteiger partial charge in [-0.05, 0) is 25.0 Å². The van der Waals surface area contributed by atoms with Gasteiger partial charge in [0.15, 0.2) is 0 Å². The minimum Gasteiger partial charge on any atom is -0.366 e. The Kier molecular flexibility index (Phi) is 7.06. The van der Waals surface area contributed by atoms with Gasteiger partial charge in [-0.15, -0.1) is 0 Å². The largest absolute Gasteiger partial charge is 0.366 e. The number of nitrogens with zero attached hydrogens (tertiary/aromatic N) is 4. The van der Waals surface area contributed by atoms with E-state index in [0.717, 1.165) is 25.7 Å². The highest BCUT2D eigenvalue weighted by Gasteiger charge is 2.24. The molecule has 1 aromatic heterocycles. The van der Waals surface area contributed by atoms with Crippen LogP contribution < -0.4 is 21.1 Å². The summed E-state index contributed by atoms with van der Waals surface area (Å²) >= 11 is 6.39. The summed E-state index contributed by atoms with van der Waals surface area (Å²) in [5.74, 6) is -0.320. The fourth-order valence-corrected chi connectivity index (χ4v) is 4.45. The Labute approximate surface area is 191 Å². The Hall–Kier alpha value is -2.91. The molecule has 2 aromatic rings. The van der Waals surface area contributed by atoms with Crippen LogP contribution in [-0.2, 0) is 4.79 Å². The maximum Gasteiger partial charge on any atom is 0.321 e. The van der Waals surface area contributed by atoms with E-state index in [0.29, 0.717) is 37.6 Å². The summed E-state index contributed by atoms with van der Waals surface area (Å²) in [5.41, 5.74) is 0.869. The average molecular weight is 459 g/mol. The molecule has 1 aromatic carbocycles. The molecule has 0 atom stereocenters. The van der Waals surface area contributed by atoms with Crippen LogP contribution in [0.3, 0.4) is 0 Å². The Balaban J connectivity index is 1.30. The van der Waals surface area contributed by atoms with Gasteiger partial charge in [-0.1, -0.05) is 42.6 Å². The van der Waals surface area contributed by atoms with Gasteiger partial charge in [0.1, 0.15) is 5.02 Å². The number of carbonyl (C=O) groups excluding carboxylic acids is 2. The third kappa shape index (κ3) is 5.28. The Bertz CT molecular complexity index is 1010.